The summed E-state index contributed by atoms with van der Waals surface area (Å²) in [6.45, 7) is -1.19. The molecule has 0 heterocycles. The van der Waals surface area contributed by atoms with Crippen LogP contribution in [0.2, 0.25) is 0 Å². The summed E-state index contributed by atoms with van der Waals surface area (Å²) >= 11 is 5.49. The molecule has 2 rings (SSSR count). The van der Waals surface area contributed by atoms with Gasteiger partial charge in [0.2, 0.25) is 5.91 Å². The van der Waals surface area contributed by atoms with Crippen molar-refractivity contribution in [2.75, 3.05) is 19.0 Å². The van der Waals surface area contributed by atoms with Crippen LogP contribution in [0.5, 0.6) is 0 Å². The first kappa shape index (κ1) is 14.0. The van der Waals surface area contributed by atoms with Crippen LogP contribution >= 0.6 is 11.6 Å². The molecule has 2 atom stereocenters. The maximum absolute atomic E-state index is 12.4. The largest absolute Gasteiger partial charge is 0.406 e. The molecule has 2 nitrogen and oxygen atoms in total. The molecule has 2 unspecified atom stereocenters. The standard InChI is InChI=1S/C12H17ClF3NO/c13-5-6-17(7-12(14,15)16)11(18)10-8-3-1-2-4-9(8)10/h8-10H,1-7H2. The molecular formula is C12H17ClF3NO. The van der Waals surface area contributed by atoms with Crippen molar-refractivity contribution in [1.29, 1.82) is 0 Å². The minimum atomic E-state index is -4.35. The Morgan fingerprint density at radius 3 is 2.22 bits per heavy atom. The second-order valence-electron chi connectivity index (χ2n) is 5.20. The van der Waals surface area contributed by atoms with Crippen molar-refractivity contribution in [3.05, 3.63) is 0 Å². The lowest BCUT2D eigenvalue weighted by Gasteiger charge is -2.23. The van der Waals surface area contributed by atoms with Gasteiger partial charge in [-0.15, -0.1) is 11.6 Å². The highest BCUT2D eigenvalue weighted by Crippen LogP contribution is 2.56. The first-order chi connectivity index (χ1) is 8.44. The highest BCUT2D eigenvalue weighted by atomic mass is 35.5. The molecule has 2 saturated carbocycles. The fraction of sp³-hybridized carbons (Fsp3) is 0.917. The van der Waals surface area contributed by atoms with Crippen LogP contribution in [-0.2, 0) is 4.79 Å². The van der Waals surface area contributed by atoms with E-state index in [9.17, 15) is 18.0 Å². The zero-order valence-electron chi connectivity index (χ0n) is 10.0. The van der Waals surface area contributed by atoms with Gasteiger partial charge in [-0.1, -0.05) is 12.8 Å². The Morgan fingerprint density at radius 1 is 1.22 bits per heavy atom. The van der Waals surface area contributed by atoms with E-state index in [4.69, 9.17) is 11.6 Å². The Kier molecular flexibility index (Phi) is 4.09. The maximum Gasteiger partial charge on any atom is 0.406 e. The van der Waals surface area contributed by atoms with E-state index in [1.165, 1.54) is 0 Å². The fourth-order valence-electron chi connectivity index (χ4n) is 3.16. The monoisotopic (exact) mass is 283 g/mol. The van der Waals surface area contributed by atoms with Gasteiger partial charge < -0.3 is 4.90 Å². The minimum Gasteiger partial charge on any atom is -0.332 e. The van der Waals surface area contributed by atoms with E-state index in [0.29, 0.717) is 11.8 Å². The number of carbonyl (C=O) groups excluding carboxylic acids is 1. The van der Waals surface area contributed by atoms with Crippen molar-refractivity contribution in [2.24, 2.45) is 17.8 Å². The number of rotatable bonds is 4. The van der Waals surface area contributed by atoms with E-state index in [1.807, 2.05) is 0 Å². The Balaban J connectivity index is 1.96. The van der Waals surface area contributed by atoms with Gasteiger partial charge in [0.25, 0.3) is 0 Å². The van der Waals surface area contributed by atoms with Gasteiger partial charge in [-0.05, 0) is 24.7 Å². The molecule has 18 heavy (non-hydrogen) atoms. The smallest absolute Gasteiger partial charge is 0.332 e. The maximum atomic E-state index is 12.4. The average Bonchev–Trinajstić information content (AvgIpc) is 3.00. The molecule has 0 aromatic heterocycles. The number of halogens is 4. The van der Waals surface area contributed by atoms with Crippen LogP contribution in [0.3, 0.4) is 0 Å². The molecule has 0 aromatic carbocycles. The lowest BCUT2D eigenvalue weighted by atomic mass is 10.0. The topological polar surface area (TPSA) is 20.3 Å². The first-order valence-corrected chi connectivity index (χ1v) is 6.89. The highest BCUT2D eigenvalue weighted by Gasteiger charge is 2.56. The number of amides is 1. The fourth-order valence-corrected chi connectivity index (χ4v) is 3.36. The molecule has 0 spiro atoms. The second kappa shape index (κ2) is 5.27. The predicted molar refractivity (Wildman–Crippen MR) is 62.3 cm³/mol. The van der Waals surface area contributed by atoms with Crippen LogP contribution in [0.4, 0.5) is 13.2 Å². The third-order valence-electron chi connectivity index (χ3n) is 3.98. The van der Waals surface area contributed by atoms with Crippen LogP contribution in [0.25, 0.3) is 0 Å². The summed E-state index contributed by atoms with van der Waals surface area (Å²) < 4.78 is 37.2. The Morgan fingerprint density at radius 2 is 1.78 bits per heavy atom. The van der Waals surface area contributed by atoms with Gasteiger partial charge in [-0.3, -0.25) is 4.79 Å². The van der Waals surface area contributed by atoms with Gasteiger partial charge in [-0.2, -0.15) is 13.2 Å². The lowest BCUT2D eigenvalue weighted by molar-refractivity contribution is -0.161. The quantitative estimate of drug-likeness (QED) is 0.726. The summed E-state index contributed by atoms with van der Waals surface area (Å²) in [5, 5.41) is 0. The molecule has 0 N–H and O–H groups in total. The van der Waals surface area contributed by atoms with E-state index < -0.39 is 12.7 Å². The molecule has 0 aliphatic heterocycles. The van der Waals surface area contributed by atoms with Gasteiger partial charge in [0.15, 0.2) is 0 Å². The van der Waals surface area contributed by atoms with Gasteiger partial charge >= 0.3 is 6.18 Å². The van der Waals surface area contributed by atoms with Gasteiger partial charge in [0.1, 0.15) is 6.54 Å². The lowest BCUT2D eigenvalue weighted by Crippen LogP contribution is -2.41. The van der Waals surface area contributed by atoms with E-state index in [-0.39, 0.29) is 24.2 Å². The number of hydrogen-bond acceptors (Lipinski definition) is 1. The molecule has 1 amide bonds. The number of carbonyl (C=O) groups is 1. The van der Waals surface area contributed by atoms with Crippen molar-refractivity contribution in [2.45, 2.75) is 31.9 Å². The van der Waals surface area contributed by atoms with Gasteiger partial charge in [0, 0.05) is 18.3 Å². The molecule has 0 saturated heterocycles. The Labute approximate surface area is 109 Å². The van der Waals surface area contributed by atoms with Crippen molar-refractivity contribution in [1.82, 2.24) is 4.90 Å². The summed E-state index contributed by atoms with van der Waals surface area (Å²) in [7, 11) is 0. The van der Waals surface area contributed by atoms with E-state index in [2.05, 4.69) is 0 Å². The Hall–Kier alpha value is -0.450. The highest BCUT2D eigenvalue weighted by molar-refractivity contribution is 6.18. The zero-order valence-corrected chi connectivity index (χ0v) is 10.8. The number of fused-ring (bicyclic) bond motifs is 1. The van der Waals surface area contributed by atoms with Crippen molar-refractivity contribution < 1.29 is 18.0 Å². The average molecular weight is 284 g/mol. The molecule has 6 heteroatoms. The molecule has 0 radical (unpaired) electrons. The van der Waals surface area contributed by atoms with Gasteiger partial charge in [0.05, 0.1) is 0 Å². The molecule has 2 fully saturated rings. The molecule has 0 aromatic rings. The molecule has 0 bridgehead atoms. The van der Waals surface area contributed by atoms with Crippen LogP contribution in [0.1, 0.15) is 25.7 Å². The Bertz CT molecular complexity index is 309. The number of hydrogen-bond donors (Lipinski definition) is 0. The van der Waals surface area contributed by atoms with Gasteiger partial charge in [-0.25, -0.2) is 0 Å². The zero-order chi connectivity index (χ0) is 13.3. The van der Waals surface area contributed by atoms with Crippen LogP contribution in [-0.4, -0.2) is 36.0 Å². The molecule has 2 aliphatic rings. The third kappa shape index (κ3) is 3.11. The SMILES string of the molecule is O=C(C1C2CCCCC21)N(CCCl)CC(F)(F)F. The van der Waals surface area contributed by atoms with Crippen LogP contribution in [0.15, 0.2) is 0 Å². The van der Waals surface area contributed by atoms with Crippen LogP contribution in [0, 0.1) is 17.8 Å². The predicted octanol–water partition coefficient (Wildman–Crippen LogP) is 3.05. The summed E-state index contributed by atoms with van der Waals surface area (Å²) in [4.78, 5) is 13.0. The number of alkyl halides is 4. The summed E-state index contributed by atoms with van der Waals surface area (Å²) in [5.41, 5.74) is 0. The van der Waals surface area contributed by atoms with E-state index in [0.717, 1.165) is 30.6 Å². The van der Waals surface area contributed by atoms with Crippen molar-refractivity contribution >= 4 is 17.5 Å². The van der Waals surface area contributed by atoms with Crippen molar-refractivity contribution in [3.8, 4) is 0 Å². The molecule has 2 aliphatic carbocycles. The van der Waals surface area contributed by atoms with Crippen LogP contribution < -0.4 is 0 Å². The summed E-state index contributed by atoms with van der Waals surface area (Å²) in [5.74, 6) is 0.196. The minimum absolute atomic E-state index is 0.0180. The van der Waals surface area contributed by atoms with E-state index >= 15 is 0 Å². The first-order valence-electron chi connectivity index (χ1n) is 6.35. The normalized spacial score (nSPS) is 30.8. The van der Waals surface area contributed by atoms with E-state index in [1.54, 1.807) is 0 Å². The summed E-state index contributed by atoms with van der Waals surface area (Å²) in [6, 6.07) is 0. The molecule has 104 valence electrons. The summed E-state index contributed by atoms with van der Waals surface area (Å²) in [6.07, 6.45) is -0.176. The van der Waals surface area contributed by atoms with Crippen molar-refractivity contribution in [3.63, 3.8) is 0 Å². The molecular weight excluding hydrogens is 267 g/mol. The number of nitrogens with zero attached hydrogens (tertiary/aromatic N) is 1. The second-order valence-corrected chi connectivity index (χ2v) is 5.58. The third-order valence-corrected chi connectivity index (χ3v) is 4.15.